The molecule has 1 saturated heterocycles. The summed E-state index contributed by atoms with van der Waals surface area (Å²) >= 11 is 0. The smallest absolute Gasteiger partial charge is 0.262 e. The molecule has 3 aliphatic heterocycles. The molecule has 2 N–H and O–H groups in total. The Morgan fingerprint density at radius 3 is 2.00 bits per heavy atom. The fourth-order valence-electron chi connectivity index (χ4n) is 3.64. The molecule has 0 unspecified atom stereocenters. The lowest BCUT2D eigenvalue weighted by molar-refractivity contribution is -0.136. The number of amides is 4. The molecular weight excluding hydrogens is 310 g/mol. The van der Waals surface area contributed by atoms with Gasteiger partial charge < -0.3 is 5.32 Å². The van der Waals surface area contributed by atoms with Gasteiger partial charge in [-0.25, -0.2) is 0 Å². The third-order valence-corrected chi connectivity index (χ3v) is 4.90. The number of benzene rings is 1. The molecule has 24 heavy (non-hydrogen) atoms. The van der Waals surface area contributed by atoms with E-state index >= 15 is 0 Å². The Morgan fingerprint density at radius 1 is 0.875 bits per heavy atom. The topological polar surface area (TPSA) is 95.6 Å². The Bertz CT molecular complexity index is 741. The molecule has 3 aliphatic rings. The van der Waals surface area contributed by atoms with Gasteiger partial charge in [0.25, 0.3) is 11.8 Å². The monoisotopic (exact) mass is 327 g/mol. The summed E-state index contributed by atoms with van der Waals surface area (Å²) in [5.74, 6) is -1.83. The van der Waals surface area contributed by atoms with Gasteiger partial charge in [-0.15, -0.1) is 0 Å². The molecule has 7 nitrogen and oxygen atoms in total. The molecule has 0 aromatic heterocycles. The van der Waals surface area contributed by atoms with E-state index in [1.54, 1.807) is 12.1 Å². The number of nitrogens with one attached hydrogen (secondary N) is 2. The van der Waals surface area contributed by atoms with E-state index in [1.165, 1.54) is 0 Å². The highest BCUT2D eigenvalue weighted by Crippen LogP contribution is 2.30. The first-order valence-electron chi connectivity index (χ1n) is 8.14. The van der Waals surface area contributed by atoms with Crippen LogP contribution in [0.2, 0.25) is 0 Å². The van der Waals surface area contributed by atoms with Crippen LogP contribution < -0.4 is 10.6 Å². The molecule has 4 rings (SSSR count). The highest BCUT2D eigenvalue weighted by molar-refractivity contribution is 6.23. The molecule has 3 heterocycles. The number of rotatable bonds is 1. The van der Waals surface area contributed by atoms with Crippen molar-refractivity contribution in [3.63, 3.8) is 0 Å². The second-order valence-corrected chi connectivity index (χ2v) is 6.36. The predicted octanol–water partition coefficient (Wildman–Crippen LogP) is -0.224. The summed E-state index contributed by atoms with van der Waals surface area (Å²) in [7, 11) is 0. The lowest BCUT2D eigenvalue weighted by atomic mass is 9.96. The van der Waals surface area contributed by atoms with E-state index in [0.717, 1.165) is 42.0 Å². The van der Waals surface area contributed by atoms with Crippen molar-refractivity contribution >= 4 is 23.6 Å². The molecule has 1 atom stereocenters. The Labute approximate surface area is 138 Å². The maximum Gasteiger partial charge on any atom is 0.262 e. The summed E-state index contributed by atoms with van der Waals surface area (Å²) in [6.07, 6.45) is 1.93. The number of nitrogens with zero attached hydrogens (tertiary/aromatic N) is 1. The van der Waals surface area contributed by atoms with Gasteiger partial charge in [0.2, 0.25) is 11.8 Å². The number of imide groups is 2. The summed E-state index contributed by atoms with van der Waals surface area (Å²) in [5.41, 5.74) is 2.88. The summed E-state index contributed by atoms with van der Waals surface area (Å²) < 4.78 is 0. The van der Waals surface area contributed by atoms with Gasteiger partial charge in [-0.05, 0) is 55.6 Å². The summed E-state index contributed by atoms with van der Waals surface area (Å²) in [5, 5.41) is 5.50. The van der Waals surface area contributed by atoms with Crippen molar-refractivity contribution in [1.29, 1.82) is 0 Å². The third kappa shape index (κ3) is 2.24. The van der Waals surface area contributed by atoms with Gasteiger partial charge in [-0.3, -0.25) is 29.4 Å². The van der Waals surface area contributed by atoms with Crippen molar-refractivity contribution < 1.29 is 19.2 Å². The van der Waals surface area contributed by atoms with Crippen LogP contribution >= 0.6 is 0 Å². The van der Waals surface area contributed by atoms with Gasteiger partial charge >= 0.3 is 0 Å². The summed E-state index contributed by atoms with van der Waals surface area (Å²) in [4.78, 5) is 49.8. The number of carbonyl (C=O) groups is 4. The Hall–Kier alpha value is -2.54. The van der Waals surface area contributed by atoms with Crippen LogP contribution in [0.4, 0.5) is 0 Å². The second-order valence-electron chi connectivity index (χ2n) is 6.36. The van der Waals surface area contributed by atoms with Crippen LogP contribution in [0, 0.1) is 0 Å². The van der Waals surface area contributed by atoms with E-state index in [9.17, 15) is 19.2 Å². The molecule has 4 amide bonds. The van der Waals surface area contributed by atoms with Crippen LogP contribution in [0.15, 0.2) is 12.1 Å². The first-order valence-corrected chi connectivity index (χ1v) is 8.14. The van der Waals surface area contributed by atoms with Crippen LogP contribution in [0.25, 0.3) is 0 Å². The Balaban J connectivity index is 1.71. The van der Waals surface area contributed by atoms with Crippen molar-refractivity contribution in [3.05, 3.63) is 34.4 Å². The van der Waals surface area contributed by atoms with Crippen LogP contribution in [0.1, 0.15) is 44.7 Å². The fourth-order valence-corrected chi connectivity index (χ4v) is 3.64. The van der Waals surface area contributed by atoms with E-state index in [0.29, 0.717) is 11.1 Å². The van der Waals surface area contributed by atoms with Gasteiger partial charge in [-0.1, -0.05) is 0 Å². The maximum atomic E-state index is 12.7. The number of piperidine rings is 1. The van der Waals surface area contributed by atoms with Crippen molar-refractivity contribution in [1.82, 2.24) is 15.5 Å². The number of hydrogen-bond acceptors (Lipinski definition) is 5. The predicted molar refractivity (Wildman–Crippen MR) is 83.4 cm³/mol. The lowest BCUT2D eigenvalue weighted by Gasteiger charge is -2.27. The second kappa shape index (κ2) is 5.52. The molecule has 0 saturated carbocycles. The van der Waals surface area contributed by atoms with Gasteiger partial charge in [0.1, 0.15) is 6.04 Å². The zero-order valence-electron chi connectivity index (χ0n) is 13.1. The molecular formula is C17H17N3O4. The average Bonchev–Trinajstić information content (AvgIpc) is 2.72. The largest absolute Gasteiger partial charge is 0.316 e. The van der Waals surface area contributed by atoms with Crippen molar-refractivity contribution in [3.8, 4) is 0 Å². The minimum absolute atomic E-state index is 0.131. The molecule has 0 spiro atoms. The standard InChI is InChI=1S/C17H17N3O4/c21-14-2-1-13(15(22)19-14)20-16(23)11-7-9-3-5-18-6-4-10(9)8-12(11)17(20)24/h7-8,13,18H,1-6H2,(H,19,21,22)/t13-/m0/s1. The third-order valence-electron chi connectivity index (χ3n) is 4.90. The first-order chi connectivity index (χ1) is 11.6. The minimum atomic E-state index is -0.906. The lowest BCUT2D eigenvalue weighted by Crippen LogP contribution is -2.54. The van der Waals surface area contributed by atoms with Crippen LogP contribution in [-0.2, 0) is 22.4 Å². The number of carbonyl (C=O) groups excluding carboxylic acids is 4. The highest BCUT2D eigenvalue weighted by Gasteiger charge is 2.44. The van der Waals surface area contributed by atoms with Crippen molar-refractivity contribution in [2.45, 2.75) is 31.7 Å². The van der Waals surface area contributed by atoms with Crippen molar-refractivity contribution in [2.24, 2.45) is 0 Å². The quantitative estimate of drug-likeness (QED) is 0.695. The summed E-state index contributed by atoms with van der Waals surface area (Å²) in [6, 6.07) is 2.68. The number of hydrogen-bond donors (Lipinski definition) is 2. The molecule has 124 valence electrons. The van der Waals surface area contributed by atoms with Gasteiger partial charge in [0.15, 0.2) is 0 Å². The van der Waals surface area contributed by atoms with Gasteiger partial charge in [0, 0.05) is 6.42 Å². The molecule has 1 aromatic carbocycles. The number of fused-ring (bicyclic) bond motifs is 2. The normalized spacial score (nSPS) is 23.7. The average molecular weight is 327 g/mol. The Kier molecular flexibility index (Phi) is 3.45. The molecule has 7 heteroatoms. The van der Waals surface area contributed by atoms with E-state index in [2.05, 4.69) is 10.6 Å². The Morgan fingerprint density at radius 2 is 1.46 bits per heavy atom. The van der Waals surface area contributed by atoms with E-state index in [-0.39, 0.29) is 18.7 Å². The molecule has 1 aromatic rings. The van der Waals surface area contributed by atoms with Crippen molar-refractivity contribution in [2.75, 3.05) is 13.1 Å². The van der Waals surface area contributed by atoms with Gasteiger partial charge in [-0.2, -0.15) is 0 Å². The zero-order valence-corrected chi connectivity index (χ0v) is 13.1. The van der Waals surface area contributed by atoms with E-state index in [4.69, 9.17) is 0 Å². The summed E-state index contributed by atoms with van der Waals surface area (Å²) in [6.45, 7) is 1.68. The van der Waals surface area contributed by atoms with E-state index in [1.807, 2.05) is 0 Å². The van der Waals surface area contributed by atoms with Crippen LogP contribution in [0.3, 0.4) is 0 Å². The van der Waals surface area contributed by atoms with Crippen LogP contribution in [-0.4, -0.2) is 47.7 Å². The molecule has 0 radical (unpaired) electrons. The van der Waals surface area contributed by atoms with E-state index < -0.39 is 23.8 Å². The fraction of sp³-hybridized carbons (Fsp3) is 0.412. The zero-order chi connectivity index (χ0) is 16.8. The van der Waals surface area contributed by atoms with Gasteiger partial charge in [0.05, 0.1) is 11.1 Å². The molecule has 0 aliphatic carbocycles. The first kappa shape index (κ1) is 15.0. The minimum Gasteiger partial charge on any atom is -0.316 e. The maximum absolute atomic E-state index is 12.7. The molecule has 1 fully saturated rings. The van der Waals surface area contributed by atoms with Crippen LogP contribution in [0.5, 0.6) is 0 Å². The highest BCUT2D eigenvalue weighted by atomic mass is 16.2. The SMILES string of the molecule is O=C1CC[C@H](N2C(=O)c3cc4c(cc3C2=O)CCNCC4)C(=O)N1. The molecule has 0 bridgehead atoms.